The number of benzene rings is 2. The van der Waals surface area contributed by atoms with E-state index in [0.29, 0.717) is 4.47 Å². The maximum atomic E-state index is 13.4. The highest BCUT2D eigenvalue weighted by Crippen LogP contribution is 2.31. The van der Waals surface area contributed by atoms with Gasteiger partial charge in [-0.1, -0.05) is 12.1 Å². The molecule has 18 heavy (non-hydrogen) atoms. The van der Waals surface area contributed by atoms with E-state index in [1.807, 2.05) is 6.07 Å². The number of hydrogen-bond acceptors (Lipinski definition) is 2. The molecule has 0 fully saturated rings. The summed E-state index contributed by atoms with van der Waals surface area (Å²) in [6.07, 6.45) is 0. The second-order valence-electron chi connectivity index (χ2n) is 3.38. The number of ether oxygens (including phenoxy) is 1. The SMILES string of the molecule is N#Cc1c(Br)cccc1Oc1cccc(F)c1F. The zero-order chi connectivity index (χ0) is 13.1. The first-order valence-electron chi connectivity index (χ1n) is 4.94. The van der Waals surface area contributed by atoms with Gasteiger partial charge in [-0.15, -0.1) is 0 Å². The van der Waals surface area contributed by atoms with Crippen molar-refractivity contribution in [2.24, 2.45) is 0 Å². The van der Waals surface area contributed by atoms with E-state index in [1.54, 1.807) is 12.1 Å². The molecule has 0 aliphatic heterocycles. The van der Waals surface area contributed by atoms with Gasteiger partial charge >= 0.3 is 0 Å². The molecule has 5 heteroatoms. The zero-order valence-electron chi connectivity index (χ0n) is 8.95. The Kier molecular flexibility index (Phi) is 3.58. The van der Waals surface area contributed by atoms with Gasteiger partial charge in [-0.2, -0.15) is 9.65 Å². The van der Waals surface area contributed by atoms with Crippen LogP contribution in [0, 0.1) is 23.0 Å². The Hall–Kier alpha value is -1.93. The van der Waals surface area contributed by atoms with E-state index in [0.717, 1.165) is 6.07 Å². The molecule has 0 atom stereocenters. The normalized spacial score (nSPS) is 9.89. The van der Waals surface area contributed by atoms with Crippen LogP contribution in [0.15, 0.2) is 40.9 Å². The first kappa shape index (κ1) is 12.5. The molecule has 90 valence electrons. The van der Waals surface area contributed by atoms with E-state index in [4.69, 9.17) is 10.00 Å². The van der Waals surface area contributed by atoms with Crippen LogP contribution in [0.4, 0.5) is 8.78 Å². The zero-order valence-corrected chi connectivity index (χ0v) is 10.5. The predicted octanol–water partition coefficient (Wildman–Crippen LogP) is 4.39. The third kappa shape index (κ3) is 2.34. The van der Waals surface area contributed by atoms with Gasteiger partial charge in [0, 0.05) is 4.47 Å². The summed E-state index contributed by atoms with van der Waals surface area (Å²) in [4.78, 5) is 0. The van der Waals surface area contributed by atoms with Crippen LogP contribution in [-0.2, 0) is 0 Å². The van der Waals surface area contributed by atoms with Crippen LogP contribution in [0.25, 0.3) is 0 Å². The van der Waals surface area contributed by atoms with Gasteiger partial charge < -0.3 is 4.74 Å². The van der Waals surface area contributed by atoms with Gasteiger partial charge in [0.1, 0.15) is 17.4 Å². The first-order valence-corrected chi connectivity index (χ1v) is 5.73. The van der Waals surface area contributed by atoms with Crippen LogP contribution in [0.3, 0.4) is 0 Å². The van der Waals surface area contributed by atoms with Gasteiger partial charge in [0.15, 0.2) is 11.6 Å². The van der Waals surface area contributed by atoms with Crippen molar-refractivity contribution in [2.45, 2.75) is 0 Å². The summed E-state index contributed by atoms with van der Waals surface area (Å²) in [6.45, 7) is 0. The molecule has 0 aromatic heterocycles. The van der Waals surface area contributed by atoms with Gasteiger partial charge in [0.05, 0.1) is 0 Å². The lowest BCUT2D eigenvalue weighted by atomic mass is 10.2. The largest absolute Gasteiger partial charge is 0.453 e. The second kappa shape index (κ2) is 5.15. The topological polar surface area (TPSA) is 33.0 Å². The van der Waals surface area contributed by atoms with E-state index in [9.17, 15) is 8.78 Å². The highest BCUT2D eigenvalue weighted by molar-refractivity contribution is 9.10. The highest BCUT2D eigenvalue weighted by atomic mass is 79.9. The maximum Gasteiger partial charge on any atom is 0.201 e. The van der Waals surface area contributed by atoms with Gasteiger partial charge in [-0.05, 0) is 40.2 Å². The first-order chi connectivity index (χ1) is 8.63. The summed E-state index contributed by atoms with van der Waals surface area (Å²) in [7, 11) is 0. The van der Waals surface area contributed by atoms with Crippen molar-refractivity contribution in [1.82, 2.24) is 0 Å². The van der Waals surface area contributed by atoms with Crippen molar-refractivity contribution in [3.05, 3.63) is 58.1 Å². The van der Waals surface area contributed by atoms with Gasteiger partial charge in [-0.25, -0.2) is 4.39 Å². The minimum absolute atomic E-state index is 0.163. The third-order valence-electron chi connectivity index (χ3n) is 2.22. The van der Waals surface area contributed by atoms with Gasteiger partial charge in [-0.3, -0.25) is 0 Å². The number of nitrogens with zero attached hydrogens (tertiary/aromatic N) is 1. The third-order valence-corrected chi connectivity index (χ3v) is 2.88. The fourth-order valence-corrected chi connectivity index (χ4v) is 1.82. The van der Waals surface area contributed by atoms with Crippen LogP contribution in [0.2, 0.25) is 0 Å². The fourth-order valence-electron chi connectivity index (χ4n) is 1.38. The summed E-state index contributed by atoms with van der Waals surface area (Å²) in [5.41, 5.74) is 0.223. The van der Waals surface area contributed by atoms with Crippen molar-refractivity contribution in [3.63, 3.8) is 0 Å². The van der Waals surface area contributed by atoms with Crippen LogP contribution in [0.5, 0.6) is 11.5 Å². The lowest BCUT2D eigenvalue weighted by molar-refractivity contribution is 0.415. The Labute approximate surface area is 111 Å². The number of rotatable bonds is 2. The van der Waals surface area contributed by atoms with E-state index < -0.39 is 11.6 Å². The maximum absolute atomic E-state index is 13.4. The molecule has 0 N–H and O–H groups in total. The average molecular weight is 310 g/mol. The molecule has 0 saturated heterocycles. The van der Waals surface area contributed by atoms with Crippen molar-refractivity contribution < 1.29 is 13.5 Å². The molecule has 0 aliphatic rings. The second-order valence-corrected chi connectivity index (χ2v) is 4.23. The summed E-state index contributed by atoms with van der Waals surface area (Å²) in [6, 6.07) is 10.4. The van der Waals surface area contributed by atoms with Gasteiger partial charge in [0.2, 0.25) is 5.82 Å². The molecule has 2 aromatic rings. The summed E-state index contributed by atoms with van der Waals surface area (Å²) in [5, 5.41) is 8.97. The smallest absolute Gasteiger partial charge is 0.201 e. The van der Waals surface area contributed by atoms with Gasteiger partial charge in [0.25, 0.3) is 0 Å². The Morgan fingerprint density at radius 1 is 1.06 bits per heavy atom. The summed E-state index contributed by atoms with van der Waals surface area (Å²) in [5.74, 6) is -2.18. The van der Waals surface area contributed by atoms with E-state index in [2.05, 4.69) is 15.9 Å². The number of hydrogen-bond donors (Lipinski definition) is 0. The Bertz CT molecular complexity index is 637. The van der Waals surface area contributed by atoms with Crippen LogP contribution in [0.1, 0.15) is 5.56 Å². The molecule has 2 aromatic carbocycles. The molecule has 0 saturated carbocycles. The quantitative estimate of drug-likeness (QED) is 0.824. The minimum Gasteiger partial charge on any atom is -0.453 e. The van der Waals surface area contributed by atoms with Crippen molar-refractivity contribution in [1.29, 1.82) is 5.26 Å². The van der Waals surface area contributed by atoms with Crippen LogP contribution < -0.4 is 4.74 Å². The fraction of sp³-hybridized carbons (Fsp3) is 0. The van der Waals surface area contributed by atoms with E-state index in [-0.39, 0.29) is 17.1 Å². The average Bonchev–Trinajstić information content (AvgIpc) is 2.35. The predicted molar refractivity (Wildman–Crippen MR) is 65.3 cm³/mol. The molecule has 0 spiro atoms. The molecular formula is C13H6BrF2NO. The van der Waals surface area contributed by atoms with Crippen LogP contribution in [-0.4, -0.2) is 0 Å². The Morgan fingerprint density at radius 2 is 1.72 bits per heavy atom. The lowest BCUT2D eigenvalue weighted by Crippen LogP contribution is -1.93. The molecule has 0 radical (unpaired) electrons. The minimum atomic E-state index is -1.08. The summed E-state index contributed by atoms with van der Waals surface area (Å²) >= 11 is 3.18. The van der Waals surface area contributed by atoms with E-state index >= 15 is 0 Å². The molecule has 0 aliphatic carbocycles. The molecule has 2 rings (SSSR count). The number of nitriles is 1. The monoisotopic (exact) mass is 309 g/mol. The van der Waals surface area contributed by atoms with Crippen molar-refractivity contribution >= 4 is 15.9 Å². The van der Waals surface area contributed by atoms with Crippen LogP contribution >= 0.6 is 15.9 Å². The summed E-state index contributed by atoms with van der Waals surface area (Å²) < 4.78 is 32.2. The highest BCUT2D eigenvalue weighted by Gasteiger charge is 2.13. The Morgan fingerprint density at radius 3 is 2.44 bits per heavy atom. The standard InChI is InChI=1S/C13H6BrF2NO/c14-9-3-1-5-11(8(9)7-17)18-12-6-2-4-10(15)13(12)16/h1-6H. The van der Waals surface area contributed by atoms with Crippen molar-refractivity contribution in [3.8, 4) is 17.6 Å². The molecular weight excluding hydrogens is 304 g/mol. The molecule has 0 bridgehead atoms. The molecule has 2 nitrogen and oxygen atoms in total. The van der Waals surface area contributed by atoms with Crippen molar-refractivity contribution in [2.75, 3.05) is 0 Å². The lowest BCUT2D eigenvalue weighted by Gasteiger charge is -2.09. The molecule has 0 amide bonds. The molecule has 0 heterocycles. The molecule has 0 unspecified atom stereocenters. The Balaban J connectivity index is 2.44. The van der Waals surface area contributed by atoms with E-state index in [1.165, 1.54) is 18.2 Å². The number of halogens is 3.